The molecule has 0 amide bonds. The molecule has 0 saturated carbocycles. The molecule has 0 aliphatic rings. The van der Waals surface area contributed by atoms with Crippen molar-refractivity contribution in [1.29, 1.82) is 0 Å². The van der Waals surface area contributed by atoms with Gasteiger partial charge in [-0.05, 0) is 30.3 Å². The van der Waals surface area contributed by atoms with Crippen LogP contribution in [0.4, 0.5) is 0 Å². The van der Waals surface area contributed by atoms with E-state index in [0.717, 1.165) is 10.0 Å². The first-order valence-electron chi connectivity index (χ1n) is 7.71. The van der Waals surface area contributed by atoms with E-state index in [1.165, 1.54) is 12.1 Å². The van der Waals surface area contributed by atoms with Crippen LogP contribution in [0.2, 0.25) is 0 Å². The number of nitrogens with zero attached hydrogens (tertiary/aromatic N) is 2. The van der Waals surface area contributed by atoms with Crippen LogP contribution in [0.25, 0.3) is 33.5 Å². The second kappa shape index (κ2) is 6.27. The molecule has 0 saturated heterocycles. The van der Waals surface area contributed by atoms with Crippen molar-refractivity contribution in [2.24, 2.45) is 0 Å². The number of benzene rings is 2. The van der Waals surface area contributed by atoms with E-state index in [4.69, 9.17) is 0 Å². The van der Waals surface area contributed by atoms with Crippen LogP contribution in [0.15, 0.2) is 59.1 Å². The minimum atomic E-state index is -1.09. The highest BCUT2D eigenvalue weighted by Gasteiger charge is 2.20. The van der Waals surface area contributed by atoms with Crippen molar-refractivity contribution in [1.82, 2.24) is 15.2 Å². The molecular weight excluding hydrogens is 398 g/mol. The average Bonchev–Trinajstić information content (AvgIpc) is 3.06. The van der Waals surface area contributed by atoms with Gasteiger partial charge in [0, 0.05) is 15.6 Å². The average molecular weight is 410 g/mol. The molecule has 4 aromatic rings. The predicted octanol–water partition coefficient (Wildman–Crippen LogP) is 4.46. The standard InChI is InChI=1S/C19H12BrN3O3/c20-11-7-5-10(6-8-11)17-16-13(19(25)26)9-14(21-18(16)23-22-17)12-3-1-2-4-15(12)24/h1-9,24H,(H,25,26)(H,21,22,23). The Morgan fingerprint density at radius 1 is 1.08 bits per heavy atom. The normalized spacial score (nSPS) is 11.0. The van der Waals surface area contributed by atoms with E-state index in [-0.39, 0.29) is 17.0 Å². The van der Waals surface area contributed by atoms with Gasteiger partial charge in [0.05, 0.1) is 22.3 Å². The number of aromatic hydroxyl groups is 1. The number of carbonyl (C=O) groups is 1. The Balaban J connectivity index is 1.98. The van der Waals surface area contributed by atoms with Gasteiger partial charge in [-0.15, -0.1) is 0 Å². The van der Waals surface area contributed by atoms with Gasteiger partial charge in [-0.25, -0.2) is 9.78 Å². The number of nitrogens with one attached hydrogen (secondary N) is 1. The summed E-state index contributed by atoms with van der Waals surface area (Å²) in [5.41, 5.74) is 2.53. The van der Waals surface area contributed by atoms with Crippen LogP contribution >= 0.6 is 15.9 Å². The van der Waals surface area contributed by atoms with Gasteiger partial charge in [-0.3, -0.25) is 5.10 Å². The van der Waals surface area contributed by atoms with Gasteiger partial charge < -0.3 is 10.2 Å². The van der Waals surface area contributed by atoms with E-state index in [2.05, 4.69) is 31.1 Å². The van der Waals surface area contributed by atoms with E-state index in [0.29, 0.717) is 22.3 Å². The van der Waals surface area contributed by atoms with Gasteiger partial charge >= 0.3 is 5.97 Å². The van der Waals surface area contributed by atoms with Crippen LogP contribution in [0.5, 0.6) is 5.75 Å². The van der Waals surface area contributed by atoms with Crippen molar-refractivity contribution in [3.63, 3.8) is 0 Å². The lowest BCUT2D eigenvalue weighted by molar-refractivity contribution is 0.0699. The zero-order chi connectivity index (χ0) is 18.3. The van der Waals surface area contributed by atoms with Crippen molar-refractivity contribution in [2.45, 2.75) is 0 Å². The molecule has 4 rings (SSSR count). The SMILES string of the molecule is O=C(O)c1cc(-c2ccccc2O)nc2n[nH]c(-c3ccc(Br)cc3)c12. The minimum Gasteiger partial charge on any atom is -0.507 e. The van der Waals surface area contributed by atoms with Gasteiger partial charge in [0.15, 0.2) is 5.65 Å². The number of hydrogen-bond donors (Lipinski definition) is 3. The van der Waals surface area contributed by atoms with Crippen LogP contribution in [-0.4, -0.2) is 31.4 Å². The molecule has 3 N–H and O–H groups in total. The number of carboxylic acids is 1. The summed E-state index contributed by atoms with van der Waals surface area (Å²) in [6.07, 6.45) is 0. The number of aromatic nitrogens is 3. The van der Waals surface area contributed by atoms with Gasteiger partial charge in [-0.1, -0.05) is 40.2 Å². The summed E-state index contributed by atoms with van der Waals surface area (Å²) in [5.74, 6) is -1.06. The molecule has 128 valence electrons. The van der Waals surface area contributed by atoms with Crippen molar-refractivity contribution in [3.05, 3.63) is 64.6 Å². The summed E-state index contributed by atoms with van der Waals surface area (Å²) >= 11 is 3.38. The fourth-order valence-corrected chi connectivity index (χ4v) is 3.11. The Labute approximate surface area is 156 Å². The quantitative estimate of drug-likeness (QED) is 0.463. The first kappa shape index (κ1) is 16.3. The Morgan fingerprint density at radius 2 is 1.81 bits per heavy atom. The number of rotatable bonds is 3. The number of phenolic OH excluding ortho intramolecular Hbond substituents is 1. The van der Waals surface area contributed by atoms with Crippen molar-refractivity contribution < 1.29 is 15.0 Å². The van der Waals surface area contributed by atoms with E-state index < -0.39 is 5.97 Å². The first-order valence-corrected chi connectivity index (χ1v) is 8.50. The third kappa shape index (κ3) is 2.72. The van der Waals surface area contributed by atoms with Gasteiger partial charge in [0.1, 0.15) is 5.75 Å². The largest absolute Gasteiger partial charge is 0.507 e. The number of fused-ring (bicyclic) bond motifs is 1. The van der Waals surface area contributed by atoms with Crippen LogP contribution in [-0.2, 0) is 0 Å². The number of aromatic carboxylic acids is 1. The van der Waals surface area contributed by atoms with Gasteiger partial charge in [0.2, 0.25) is 0 Å². The van der Waals surface area contributed by atoms with E-state index in [1.807, 2.05) is 24.3 Å². The lowest BCUT2D eigenvalue weighted by Gasteiger charge is -2.07. The predicted molar refractivity (Wildman–Crippen MR) is 101 cm³/mol. The number of aromatic amines is 1. The van der Waals surface area contributed by atoms with Gasteiger partial charge in [0.25, 0.3) is 0 Å². The third-order valence-corrected chi connectivity index (χ3v) is 4.60. The topological polar surface area (TPSA) is 99.1 Å². The number of H-pyrrole nitrogens is 1. The van der Waals surface area contributed by atoms with Crippen LogP contribution < -0.4 is 0 Å². The highest BCUT2D eigenvalue weighted by Crippen LogP contribution is 2.34. The highest BCUT2D eigenvalue weighted by molar-refractivity contribution is 9.10. The smallest absolute Gasteiger partial charge is 0.336 e. The highest BCUT2D eigenvalue weighted by atomic mass is 79.9. The van der Waals surface area contributed by atoms with Crippen molar-refractivity contribution in [2.75, 3.05) is 0 Å². The molecular formula is C19H12BrN3O3. The maximum Gasteiger partial charge on any atom is 0.336 e. The summed E-state index contributed by atoms with van der Waals surface area (Å²) in [6, 6.07) is 15.6. The monoisotopic (exact) mass is 409 g/mol. The fourth-order valence-electron chi connectivity index (χ4n) is 2.85. The molecule has 0 atom stereocenters. The molecule has 0 spiro atoms. The Hall–Kier alpha value is -3.19. The molecule has 2 aromatic carbocycles. The van der Waals surface area contributed by atoms with E-state index in [9.17, 15) is 15.0 Å². The molecule has 0 aliphatic heterocycles. The number of para-hydroxylation sites is 1. The Morgan fingerprint density at radius 3 is 2.50 bits per heavy atom. The molecule has 26 heavy (non-hydrogen) atoms. The zero-order valence-corrected chi connectivity index (χ0v) is 14.9. The molecule has 0 unspecified atom stereocenters. The molecule has 0 aliphatic carbocycles. The summed E-state index contributed by atoms with van der Waals surface area (Å²) in [4.78, 5) is 16.3. The first-order chi connectivity index (χ1) is 12.5. The maximum atomic E-state index is 11.9. The molecule has 0 radical (unpaired) electrons. The maximum absolute atomic E-state index is 11.9. The summed E-state index contributed by atoms with van der Waals surface area (Å²) in [6.45, 7) is 0. The Bertz CT molecular complexity index is 1140. The lowest BCUT2D eigenvalue weighted by atomic mass is 10.0. The molecule has 0 bridgehead atoms. The zero-order valence-electron chi connectivity index (χ0n) is 13.3. The molecule has 0 fully saturated rings. The van der Waals surface area contributed by atoms with Crippen LogP contribution in [0, 0.1) is 0 Å². The minimum absolute atomic E-state index is 0.0272. The fraction of sp³-hybridized carbons (Fsp3) is 0. The number of hydrogen-bond acceptors (Lipinski definition) is 4. The summed E-state index contributed by atoms with van der Waals surface area (Å²) < 4.78 is 0.920. The second-order valence-corrected chi connectivity index (χ2v) is 6.60. The number of phenols is 1. The summed E-state index contributed by atoms with van der Waals surface area (Å²) in [5, 5.41) is 27.3. The van der Waals surface area contributed by atoms with Crippen molar-refractivity contribution in [3.8, 4) is 28.3 Å². The molecule has 2 aromatic heterocycles. The van der Waals surface area contributed by atoms with Crippen molar-refractivity contribution >= 4 is 32.9 Å². The van der Waals surface area contributed by atoms with Gasteiger partial charge in [-0.2, -0.15) is 5.10 Å². The number of halogens is 1. The molecule has 7 heteroatoms. The molecule has 6 nitrogen and oxygen atoms in total. The Kier molecular flexibility index (Phi) is 3.93. The van der Waals surface area contributed by atoms with E-state index >= 15 is 0 Å². The van der Waals surface area contributed by atoms with Crippen LogP contribution in [0.3, 0.4) is 0 Å². The second-order valence-electron chi connectivity index (χ2n) is 5.68. The third-order valence-electron chi connectivity index (χ3n) is 4.07. The van der Waals surface area contributed by atoms with E-state index in [1.54, 1.807) is 18.2 Å². The number of pyridine rings is 1. The lowest BCUT2D eigenvalue weighted by Crippen LogP contribution is -2.00. The van der Waals surface area contributed by atoms with Crippen LogP contribution in [0.1, 0.15) is 10.4 Å². The summed E-state index contributed by atoms with van der Waals surface area (Å²) in [7, 11) is 0. The molecule has 2 heterocycles. The number of carboxylic acid groups (broad SMARTS) is 1.